The number of halogens is 2. The van der Waals surface area contributed by atoms with Crippen LogP contribution in [0.1, 0.15) is 53.5 Å². The zero-order valence-corrected chi connectivity index (χ0v) is 17.4. The van der Waals surface area contributed by atoms with Crippen LogP contribution in [0.15, 0.2) is 42.5 Å². The average molecular weight is 428 g/mol. The SMILES string of the molecule is COc1ccc(C(CNC(=O)c2ccc3nc(C(F)F)[nH]c3c2)N2CCCCC2)cc1. The number of rotatable bonds is 7. The molecule has 1 aliphatic rings. The minimum absolute atomic E-state index is 0.0523. The van der Waals surface area contributed by atoms with E-state index in [1.165, 1.54) is 6.42 Å². The zero-order valence-electron chi connectivity index (χ0n) is 17.4. The number of likely N-dealkylation sites (tertiary alicyclic amines) is 1. The number of imidazole rings is 1. The number of carbonyl (C=O) groups excluding carboxylic acids is 1. The normalized spacial score (nSPS) is 15.9. The van der Waals surface area contributed by atoms with Gasteiger partial charge in [-0.1, -0.05) is 18.6 Å². The molecule has 31 heavy (non-hydrogen) atoms. The molecule has 3 aromatic rings. The van der Waals surface area contributed by atoms with Crippen molar-refractivity contribution in [1.82, 2.24) is 20.2 Å². The summed E-state index contributed by atoms with van der Waals surface area (Å²) >= 11 is 0. The number of aromatic amines is 1. The van der Waals surface area contributed by atoms with Gasteiger partial charge < -0.3 is 15.0 Å². The van der Waals surface area contributed by atoms with Crippen molar-refractivity contribution in [2.24, 2.45) is 0 Å². The first-order valence-corrected chi connectivity index (χ1v) is 10.5. The molecular weight excluding hydrogens is 402 g/mol. The molecule has 6 nitrogen and oxygen atoms in total. The lowest BCUT2D eigenvalue weighted by Crippen LogP contribution is -2.40. The number of hydrogen-bond donors (Lipinski definition) is 2. The van der Waals surface area contributed by atoms with Gasteiger partial charge in [0.15, 0.2) is 5.82 Å². The van der Waals surface area contributed by atoms with E-state index in [1.807, 2.05) is 24.3 Å². The highest BCUT2D eigenvalue weighted by atomic mass is 19.3. The van der Waals surface area contributed by atoms with Gasteiger partial charge in [-0.2, -0.15) is 0 Å². The van der Waals surface area contributed by atoms with Gasteiger partial charge in [-0.05, 0) is 61.8 Å². The molecule has 1 unspecified atom stereocenters. The first-order valence-electron chi connectivity index (χ1n) is 10.5. The van der Waals surface area contributed by atoms with Crippen molar-refractivity contribution in [3.63, 3.8) is 0 Å². The van der Waals surface area contributed by atoms with Gasteiger partial charge in [-0.3, -0.25) is 9.69 Å². The highest BCUT2D eigenvalue weighted by molar-refractivity contribution is 5.97. The predicted octanol–water partition coefficient (Wildman–Crippen LogP) is 4.47. The topological polar surface area (TPSA) is 70.2 Å². The molecule has 8 heteroatoms. The highest BCUT2D eigenvalue weighted by Gasteiger charge is 2.23. The number of nitrogens with one attached hydrogen (secondary N) is 2. The molecule has 1 aromatic heterocycles. The van der Waals surface area contributed by atoms with Crippen LogP contribution >= 0.6 is 0 Å². The molecule has 0 bridgehead atoms. The van der Waals surface area contributed by atoms with Crippen LogP contribution in [-0.2, 0) is 0 Å². The number of alkyl halides is 2. The van der Waals surface area contributed by atoms with Gasteiger partial charge in [-0.15, -0.1) is 0 Å². The Morgan fingerprint density at radius 2 is 1.90 bits per heavy atom. The maximum Gasteiger partial charge on any atom is 0.295 e. The summed E-state index contributed by atoms with van der Waals surface area (Å²) in [5, 5.41) is 3.02. The summed E-state index contributed by atoms with van der Waals surface area (Å²) < 4.78 is 31.0. The summed E-state index contributed by atoms with van der Waals surface area (Å²) in [6.07, 6.45) is 0.829. The van der Waals surface area contributed by atoms with E-state index >= 15 is 0 Å². The number of benzene rings is 2. The maximum absolute atomic E-state index is 12.9. The summed E-state index contributed by atoms with van der Waals surface area (Å²) in [6.45, 7) is 2.43. The van der Waals surface area contributed by atoms with Crippen LogP contribution < -0.4 is 10.1 Å². The number of carbonyl (C=O) groups is 1. The van der Waals surface area contributed by atoms with E-state index in [9.17, 15) is 13.6 Å². The van der Waals surface area contributed by atoms with Crippen molar-refractivity contribution >= 4 is 16.9 Å². The molecule has 1 amide bonds. The monoisotopic (exact) mass is 428 g/mol. The third kappa shape index (κ3) is 4.85. The molecule has 1 aliphatic heterocycles. The maximum atomic E-state index is 12.9. The smallest absolute Gasteiger partial charge is 0.295 e. The van der Waals surface area contributed by atoms with Crippen molar-refractivity contribution < 1.29 is 18.3 Å². The lowest BCUT2D eigenvalue weighted by Gasteiger charge is -2.35. The van der Waals surface area contributed by atoms with E-state index in [0.29, 0.717) is 23.1 Å². The number of amides is 1. The molecule has 2 N–H and O–H groups in total. The highest BCUT2D eigenvalue weighted by Crippen LogP contribution is 2.26. The van der Waals surface area contributed by atoms with Gasteiger partial charge in [0.05, 0.1) is 24.2 Å². The summed E-state index contributed by atoms with van der Waals surface area (Å²) in [6, 6.07) is 12.7. The number of aromatic nitrogens is 2. The van der Waals surface area contributed by atoms with E-state index < -0.39 is 12.2 Å². The fourth-order valence-corrected chi connectivity index (χ4v) is 4.08. The number of piperidine rings is 1. The molecule has 2 aromatic carbocycles. The number of fused-ring (bicyclic) bond motifs is 1. The van der Waals surface area contributed by atoms with Gasteiger partial charge in [0.25, 0.3) is 12.3 Å². The molecule has 2 heterocycles. The number of hydrogen-bond acceptors (Lipinski definition) is 4. The Hall–Kier alpha value is -3.00. The first kappa shape index (κ1) is 21.2. The summed E-state index contributed by atoms with van der Waals surface area (Å²) in [5.74, 6) is 0.157. The largest absolute Gasteiger partial charge is 0.497 e. The van der Waals surface area contributed by atoms with E-state index in [1.54, 1.807) is 25.3 Å². The second-order valence-corrected chi connectivity index (χ2v) is 7.75. The van der Waals surface area contributed by atoms with Gasteiger partial charge >= 0.3 is 0 Å². The summed E-state index contributed by atoms with van der Waals surface area (Å²) in [7, 11) is 1.64. The fraction of sp³-hybridized carbons (Fsp3) is 0.391. The molecule has 164 valence electrons. The van der Waals surface area contributed by atoms with Gasteiger partial charge in [0.1, 0.15) is 5.75 Å². The molecule has 0 spiro atoms. The molecule has 0 saturated carbocycles. The van der Waals surface area contributed by atoms with Crippen LogP contribution in [0.25, 0.3) is 11.0 Å². The zero-order chi connectivity index (χ0) is 21.8. The molecule has 0 aliphatic carbocycles. The number of ether oxygens (including phenoxy) is 1. The Balaban J connectivity index is 1.50. The van der Waals surface area contributed by atoms with Crippen molar-refractivity contribution in [3.8, 4) is 5.75 Å². The third-order valence-electron chi connectivity index (χ3n) is 5.76. The second-order valence-electron chi connectivity index (χ2n) is 7.75. The molecule has 1 atom stereocenters. The Bertz CT molecular complexity index is 1030. The number of H-pyrrole nitrogens is 1. The minimum atomic E-state index is -2.68. The van der Waals surface area contributed by atoms with Crippen molar-refractivity contribution in [1.29, 1.82) is 0 Å². The Morgan fingerprint density at radius 1 is 1.16 bits per heavy atom. The molecule has 1 saturated heterocycles. The van der Waals surface area contributed by atoms with Crippen LogP contribution in [0.4, 0.5) is 8.78 Å². The van der Waals surface area contributed by atoms with Crippen molar-refractivity contribution in [3.05, 3.63) is 59.4 Å². The van der Waals surface area contributed by atoms with Crippen molar-refractivity contribution in [2.45, 2.75) is 31.7 Å². The molecule has 0 radical (unpaired) electrons. The van der Waals surface area contributed by atoms with E-state index in [2.05, 4.69) is 20.2 Å². The van der Waals surface area contributed by atoms with Crippen molar-refractivity contribution in [2.75, 3.05) is 26.7 Å². The Kier molecular flexibility index (Phi) is 6.46. The van der Waals surface area contributed by atoms with E-state index in [4.69, 9.17) is 4.74 Å². The molecular formula is C23H26F2N4O2. The number of methoxy groups -OCH3 is 1. The average Bonchev–Trinajstić information content (AvgIpc) is 3.24. The lowest BCUT2D eigenvalue weighted by molar-refractivity contribution is 0.0924. The quantitative estimate of drug-likeness (QED) is 0.583. The van der Waals surface area contributed by atoms with Crippen LogP contribution in [0.3, 0.4) is 0 Å². The van der Waals surface area contributed by atoms with E-state index in [-0.39, 0.29) is 11.9 Å². The van der Waals surface area contributed by atoms with Crippen LogP contribution in [0.5, 0.6) is 5.75 Å². The summed E-state index contributed by atoms with van der Waals surface area (Å²) in [5.41, 5.74) is 2.36. The molecule has 1 fully saturated rings. The van der Waals surface area contributed by atoms with Gasteiger partial charge in [0, 0.05) is 12.1 Å². The van der Waals surface area contributed by atoms with Crippen LogP contribution in [0, 0.1) is 0 Å². The molecule has 4 rings (SSSR count). The lowest BCUT2D eigenvalue weighted by atomic mass is 10.0. The van der Waals surface area contributed by atoms with Crippen LogP contribution in [0.2, 0.25) is 0 Å². The second kappa shape index (κ2) is 9.43. The van der Waals surface area contributed by atoms with Crippen LogP contribution in [-0.4, -0.2) is 47.5 Å². The fourth-order valence-electron chi connectivity index (χ4n) is 4.08. The Morgan fingerprint density at radius 3 is 2.58 bits per heavy atom. The first-order chi connectivity index (χ1) is 15.0. The van der Waals surface area contributed by atoms with Gasteiger partial charge in [-0.25, -0.2) is 13.8 Å². The number of nitrogens with zero attached hydrogens (tertiary/aromatic N) is 2. The summed E-state index contributed by atoms with van der Waals surface area (Å²) in [4.78, 5) is 21.6. The predicted molar refractivity (Wildman–Crippen MR) is 115 cm³/mol. The van der Waals surface area contributed by atoms with E-state index in [0.717, 1.165) is 37.2 Å². The minimum Gasteiger partial charge on any atom is -0.497 e. The standard InChI is InChI=1S/C23H26F2N4O2/c1-31-17-8-5-15(6-9-17)20(29-11-3-2-4-12-29)14-26-23(30)16-7-10-18-19(13-16)28-22(27-18)21(24)25/h5-10,13,20-21H,2-4,11-12,14H2,1H3,(H,26,30)(H,27,28). The van der Waals surface area contributed by atoms with Gasteiger partial charge in [0.2, 0.25) is 0 Å². The Labute approximate surface area is 179 Å². The third-order valence-corrected chi connectivity index (χ3v) is 5.76.